The number of nitrogens with zero attached hydrogens (tertiary/aromatic N) is 1. The summed E-state index contributed by atoms with van der Waals surface area (Å²) in [5.74, 6) is -0.118. The van der Waals surface area contributed by atoms with E-state index in [0.717, 1.165) is 10.5 Å². The summed E-state index contributed by atoms with van der Waals surface area (Å²) in [4.78, 5) is 24.1. The van der Waals surface area contributed by atoms with Crippen LogP contribution in [0.4, 0.5) is 11.4 Å². The zero-order chi connectivity index (χ0) is 16.6. The Morgan fingerprint density at radius 2 is 2.04 bits per heavy atom. The van der Waals surface area contributed by atoms with Gasteiger partial charge in [0.05, 0.1) is 15.9 Å². The van der Waals surface area contributed by atoms with Crippen molar-refractivity contribution in [3.05, 3.63) is 63.2 Å². The maximum absolute atomic E-state index is 12.5. The standard InChI is InChI=1S/C17H16N2O3S/c1-10-3-5-12-8-16(23-15(12)7-10)17(20)18-14-9-13(19(21)22)6-4-11(14)2/h3-7,9,16H,8H2,1-2H3,(H,18,20)/t16-/m0/s1. The molecule has 0 saturated carbocycles. The number of nitrogens with one attached hydrogen (secondary N) is 1. The van der Waals surface area contributed by atoms with Gasteiger partial charge in [0, 0.05) is 17.0 Å². The molecular weight excluding hydrogens is 312 g/mol. The molecule has 1 heterocycles. The third kappa shape index (κ3) is 3.22. The average Bonchev–Trinajstić information content (AvgIpc) is 2.92. The fourth-order valence-corrected chi connectivity index (χ4v) is 3.84. The minimum atomic E-state index is -0.460. The summed E-state index contributed by atoms with van der Waals surface area (Å²) in [5.41, 5.74) is 3.63. The van der Waals surface area contributed by atoms with Gasteiger partial charge in [-0.3, -0.25) is 14.9 Å². The maximum Gasteiger partial charge on any atom is 0.271 e. The van der Waals surface area contributed by atoms with Gasteiger partial charge in [-0.25, -0.2) is 0 Å². The van der Waals surface area contributed by atoms with Gasteiger partial charge in [0.2, 0.25) is 5.91 Å². The van der Waals surface area contributed by atoms with E-state index < -0.39 is 4.92 Å². The third-order valence-corrected chi connectivity index (χ3v) is 5.18. The third-order valence-electron chi connectivity index (χ3n) is 3.88. The van der Waals surface area contributed by atoms with Crippen LogP contribution in [0, 0.1) is 24.0 Å². The highest BCUT2D eigenvalue weighted by atomic mass is 32.2. The Morgan fingerprint density at radius 1 is 1.26 bits per heavy atom. The molecule has 118 valence electrons. The van der Waals surface area contributed by atoms with Crippen molar-refractivity contribution < 1.29 is 9.72 Å². The minimum absolute atomic E-state index is 0.0242. The molecule has 1 aliphatic rings. The van der Waals surface area contributed by atoms with Crippen molar-refractivity contribution in [2.75, 3.05) is 5.32 Å². The Hall–Kier alpha value is -2.34. The van der Waals surface area contributed by atoms with Crippen molar-refractivity contribution in [3.8, 4) is 0 Å². The number of carbonyl (C=O) groups is 1. The number of hydrogen-bond donors (Lipinski definition) is 1. The van der Waals surface area contributed by atoms with Crippen LogP contribution in [0.3, 0.4) is 0 Å². The second-order valence-corrected chi connectivity index (χ2v) is 6.91. The van der Waals surface area contributed by atoms with Crippen LogP contribution in [0.15, 0.2) is 41.3 Å². The molecule has 5 nitrogen and oxygen atoms in total. The van der Waals surface area contributed by atoms with Gasteiger partial charge < -0.3 is 5.32 Å². The molecule has 0 bridgehead atoms. The Kier molecular flexibility index (Phi) is 4.09. The van der Waals surface area contributed by atoms with E-state index >= 15 is 0 Å². The fourth-order valence-electron chi connectivity index (χ4n) is 2.55. The Balaban J connectivity index is 1.76. The van der Waals surface area contributed by atoms with E-state index in [4.69, 9.17) is 0 Å². The first-order chi connectivity index (χ1) is 10.9. The van der Waals surface area contributed by atoms with Crippen LogP contribution >= 0.6 is 11.8 Å². The molecule has 0 spiro atoms. The number of thioether (sulfide) groups is 1. The van der Waals surface area contributed by atoms with E-state index in [9.17, 15) is 14.9 Å². The van der Waals surface area contributed by atoms with Gasteiger partial charge in [-0.1, -0.05) is 23.8 Å². The number of anilines is 1. The highest BCUT2D eigenvalue weighted by Gasteiger charge is 2.28. The smallest absolute Gasteiger partial charge is 0.271 e. The first-order valence-electron chi connectivity index (χ1n) is 7.26. The number of fused-ring (bicyclic) bond motifs is 1. The molecule has 1 aliphatic heterocycles. The van der Waals surface area contributed by atoms with Crippen molar-refractivity contribution in [3.63, 3.8) is 0 Å². The van der Waals surface area contributed by atoms with Crippen LogP contribution < -0.4 is 5.32 Å². The quantitative estimate of drug-likeness (QED) is 0.686. The summed E-state index contributed by atoms with van der Waals surface area (Å²) >= 11 is 1.55. The first-order valence-corrected chi connectivity index (χ1v) is 8.14. The van der Waals surface area contributed by atoms with Crippen LogP contribution in [0.5, 0.6) is 0 Å². The Bertz CT molecular complexity index is 804. The summed E-state index contributed by atoms with van der Waals surface area (Å²) in [6.45, 7) is 3.85. The zero-order valence-electron chi connectivity index (χ0n) is 12.8. The molecule has 0 aliphatic carbocycles. The molecule has 2 aromatic carbocycles. The molecule has 0 saturated heterocycles. The highest BCUT2D eigenvalue weighted by Crippen LogP contribution is 2.38. The van der Waals surface area contributed by atoms with Crippen molar-refractivity contribution in [2.24, 2.45) is 0 Å². The summed E-state index contributed by atoms with van der Waals surface area (Å²) < 4.78 is 0. The molecule has 23 heavy (non-hydrogen) atoms. The molecule has 0 fully saturated rings. The van der Waals surface area contributed by atoms with Crippen LogP contribution in [0.25, 0.3) is 0 Å². The van der Waals surface area contributed by atoms with E-state index in [-0.39, 0.29) is 16.8 Å². The lowest BCUT2D eigenvalue weighted by Gasteiger charge is -2.12. The van der Waals surface area contributed by atoms with Crippen molar-refractivity contribution in [1.82, 2.24) is 0 Å². The van der Waals surface area contributed by atoms with E-state index in [2.05, 4.69) is 17.4 Å². The second-order valence-electron chi connectivity index (χ2n) is 5.67. The van der Waals surface area contributed by atoms with Gasteiger partial charge in [-0.2, -0.15) is 0 Å². The van der Waals surface area contributed by atoms with Crippen molar-refractivity contribution >= 4 is 29.0 Å². The van der Waals surface area contributed by atoms with Crippen LogP contribution in [0.2, 0.25) is 0 Å². The molecule has 0 aromatic heterocycles. The van der Waals surface area contributed by atoms with Crippen LogP contribution in [0.1, 0.15) is 16.7 Å². The van der Waals surface area contributed by atoms with Crippen molar-refractivity contribution in [2.45, 2.75) is 30.4 Å². The minimum Gasteiger partial charge on any atom is -0.325 e. The molecule has 1 N–H and O–H groups in total. The largest absolute Gasteiger partial charge is 0.325 e. The molecular formula is C17H16N2O3S. The lowest BCUT2D eigenvalue weighted by Crippen LogP contribution is -2.25. The van der Waals surface area contributed by atoms with E-state index in [1.807, 2.05) is 19.9 Å². The van der Waals surface area contributed by atoms with E-state index in [0.29, 0.717) is 12.1 Å². The number of benzene rings is 2. The van der Waals surface area contributed by atoms with Gasteiger partial charge in [0.15, 0.2) is 0 Å². The number of non-ortho nitro benzene ring substituents is 1. The number of amides is 1. The number of rotatable bonds is 3. The molecule has 0 unspecified atom stereocenters. The second kappa shape index (κ2) is 6.04. The maximum atomic E-state index is 12.5. The molecule has 0 radical (unpaired) electrons. The fraction of sp³-hybridized carbons (Fsp3) is 0.235. The number of nitro groups is 1. The normalized spacial score (nSPS) is 16.0. The summed E-state index contributed by atoms with van der Waals surface area (Å²) in [7, 11) is 0. The van der Waals surface area contributed by atoms with Gasteiger partial charge in [-0.05, 0) is 37.5 Å². The Morgan fingerprint density at radius 3 is 2.78 bits per heavy atom. The lowest BCUT2D eigenvalue weighted by atomic mass is 10.1. The SMILES string of the molecule is Cc1ccc2c(c1)S[C@H](C(=O)Nc1cc([N+](=O)[O-])ccc1C)C2. The number of nitro benzene ring substituents is 1. The predicted molar refractivity (Wildman–Crippen MR) is 91.0 cm³/mol. The molecule has 1 amide bonds. The van der Waals surface area contributed by atoms with Gasteiger partial charge in [0.25, 0.3) is 5.69 Å². The molecule has 1 atom stereocenters. The van der Waals surface area contributed by atoms with E-state index in [1.165, 1.54) is 23.3 Å². The highest BCUT2D eigenvalue weighted by molar-refractivity contribution is 8.01. The van der Waals surface area contributed by atoms with Gasteiger partial charge >= 0.3 is 0 Å². The molecule has 6 heteroatoms. The number of carbonyl (C=O) groups excluding carboxylic acids is 1. The summed E-state index contributed by atoms with van der Waals surface area (Å²) in [6, 6.07) is 10.7. The monoisotopic (exact) mass is 328 g/mol. The summed E-state index contributed by atoms with van der Waals surface area (Å²) in [6.07, 6.45) is 0.681. The van der Waals surface area contributed by atoms with E-state index in [1.54, 1.807) is 17.8 Å². The topological polar surface area (TPSA) is 72.2 Å². The van der Waals surface area contributed by atoms with Gasteiger partial charge in [0.1, 0.15) is 0 Å². The first kappa shape index (κ1) is 15.6. The lowest BCUT2D eigenvalue weighted by molar-refractivity contribution is -0.384. The van der Waals surface area contributed by atoms with Crippen LogP contribution in [-0.4, -0.2) is 16.1 Å². The van der Waals surface area contributed by atoms with Gasteiger partial charge in [-0.15, -0.1) is 11.8 Å². The molecule has 2 aromatic rings. The number of aryl methyl sites for hydroxylation is 2. The summed E-state index contributed by atoms with van der Waals surface area (Å²) in [5, 5.41) is 13.5. The van der Waals surface area contributed by atoms with Crippen LogP contribution in [-0.2, 0) is 11.2 Å². The molecule has 3 rings (SSSR count). The zero-order valence-corrected chi connectivity index (χ0v) is 13.6. The number of hydrogen-bond acceptors (Lipinski definition) is 4. The Labute approximate surface area is 138 Å². The average molecular weight is 328 g/mol. The van der Waals surface area contributed by atoms with Crippen molar-refractivity contribution in [1.29, 1.82) is 0 Å². The predicted octanol–water partition coefficient (Wildman–Crippen LogP) is 3.87.